The summed E-state index contributed by atoms with van der Waals surface area (Å²) in [5.41, 5.74) is 4.64. The highest BCUT2D eigenvalue weighted by molar-refractivity contribution is 5.91. The second-order valence-electron chi connectivity index (χ2n) is 3.28. The van der Waals surface area contributed by atoms with Gasteiger partial charge in [0.1, 0.15) is 5.56 Å². The SMILES string of the molecule is Nc1cnc(OCC(F)(F)C(F)F)c(C(=O)O)c1. The van der Waals surface area contributed by atoms with E-state index in [9.17, 15) is 22.4 Å². The third-order valence-corrected chi connectivity index (χ3v) is 1.82. The number of carboxylic acids is 1. The van der Waals surface area contributed by atoms with Crippen LogP contribution in [0.25, 0.3) is 0 Å². The molecule has 1 aromatic rings. The number of anilines is 1. The van der Waals surface area contributed by atoms with E-state index < -0.39 is 36.4 Å². The standard InChI is InChI=1S/C9H8F4N2O3/c10-8(11)9(12,13)3-18-6-5(7(16)17)1-4(14)2-15-6/h1-2,8H,3,14H2,(H,16,17). The molecule has 0 spiro atoms. The minimum Gasteiger partial charge on any atom is -0.477 e. The van der Waals surface area contributed by atoms with Gasteiger partial charge in [-0.05, 0) is 6.07 Å². The number of rotatable bonds is 5. The number of hydrogen-bond acceptors (Lipinski definition) is 4. The van der Waals surface area contributed by atoms with Gasteiger partial charge < -0.3 is 15.6 Å². The fraction of sp³-hybridized carbons (Fsp3) is 0.333. The molecule has 3 N–H and O–H groups in total. The Balaban J connectivity index is 2.89. The van der Waals surface area contributed by atoms with Gasteiger partial charge in [-0.3, -0.25) is 0 Å². The maximum absolute atomic E-state index is 12.6. The van der Waals surface area contributed by atoms with Crippen LogP contribution in [0.2, 0.25) is 0 Å². The average Bonchev–Trinajstić information content (AvgIpc) is 2.27. The van der Waals surface area contributed by atoms with E-state index >= 15 is 0 Å². The Hall–Kier alpha value is -2.06. The van der Waals surface area contributed by atoms with Gasteiger partial charge in [0.25, 0.3) is 0 Å². The molecule has 0 radical (unpaired) electrons. The Bertz CT molecular complexity index is 453. The van der Waals surface area contributed by atoms with E-state index in [1.165, 1.54) is 0 Å². The van der Waals surface area contributed by atoms with Gasteiger partial charge in [0.2, 0.25) is 5.88 Å². The summed E-state index contributed by atoms with van der Waals surface area (Å²) >= 11 is 0. The molecule has 0 unspecified atom stereocenters. The molecule has 0 atom stereocenters. The largest absolute Gasteiger partial charge is 0.477 e. The van der Waals surface area contributed by atoms with Gasteiger partial charge in [-0.1, -0.05) is 0 Å². The fourth-order valence-corrected chi connectivity index (χ4v) is 0.964. The summed E-state index contributed by atoms with van der Waals surface area (Å²) in [6.45, 7) is -1.68. The minimum atomic E-state index is -4.39. The van der Waals surface area contributed by atoms with Crippen molar-refractivity contribution in [2.75, 3.05) is 12.3 Å². The van der Waals surface area contributed by atoms with Crippen molar-refractivity contribution in [1.29, 1.82) is 0 Å². The molecule has 0 aliphatic heterocycles. The smallest absolute Gasteiger partial charge is 0.341 e. The van der Waals surface area contributed by atoms with Crippen LogP contribution in [0.5, 0.6) is 5.88 Å². The topological polar surface area (TPSA) is 85.4 Å². The Morgan fingerprint density at radius 3 is 2.67 bits per heavy atom. The van der Waals surface area contributed by atoms with Gasteiger partial charge in [-0.2, -0.15) is 8.78 Å². The Morgan fingerprint density at radius 1 is 1.56 bits per heavy atom. The lowest BCUT2D eigenvalue weighted by atomic mass is 10.2. The monoisotopic (exact) mass is 268 g/mol. The first-order chi connectivity index (χ1) is 8.24. The molecule has 1 aromatic heterocycles. The molecular weight excluding hydrogens is 260 g/mol. The van der Waals surface area contributed by atoms with Crippen molar-refractivity contribution in [3.05, 3.63) is 17.8 Å². The van der Waals surface area contributed by atoms with Crippen molar-refractivity contribution in [2.24, 2.45) is 0 Å². The van der Waals surface area contributed by atoms with E-state index in [-0.39, 0.29) is 5.69 Å². The lowest BCUT2D eigenvalue weighted by Gasteiger charge is -2.16. The van der Waals surface area contributed by atoms with Gasteiger partial charge in [0.15, 0.2) is 6.61 Å². The molecular formula is C9H8F4N2O3. The number of pyridine rings is 1. The number of nitrogens with zero attached hydrogens (tertiary/aromatic N) is 1. The number of alkyl halides is 4. The Morgan fingerprint density at radius 2 is 2.17 bits per heavy atom. The normalized spacial score (nSPS) is 11.6. The first-order valence-corrected chi connectivity index (χ1v) is 4.51. The lowest BCUT2D eigenvalue weighted by molar-refractivity contribution is -0.148. The highest BCUT2D eigenvalue weighted by Gasteiger charge is 2.42. The molecule has 0 amide bonds. The quantitative estimate of drug-likeness (QED) is 0.793. The Kier molecular flexibility index (Phi) is 3.94. The number of carboxylic acid groups (broad SMARTS) is 1. The van der Waals surface area contributed by atoms with Crippen LogP contribution < -0.4 is 10.5 Å². The van der Waals surface area contributed by atoms with Crippen molar-refractivity contribution in [3.8, 4) is 5.88 Å². The van der Waals surface area contributed by atoms with Crippen LogP contribution in [0, 0.1) is 0 Å². The summed E-state index contributed by atoms with van der Waals surface area (Å²) in [5, 5.41) is 8.72. The third kappa shape index (κ3) is 3.22. The lowest BCUT2D eigenvalue weighted by Crippen LogP contribution is -2.34. The summed E-state index contributed by atoms with van der Waals surface area (Å²) in [6, 6.07) is 0.922. The Labute approximate surface area is 98.2 Å². The minimum absolute atomic E-state index is 0.0274. The molecule has 0 aliphatic carbocycles. The van der Waals surface area contributed by atoms with Gasteiger partial charge in [0, 0.05) is 0 Å². The molecule has 5 nitrogen and oxygen atoms in total. The number of halogens is 4. The summed E-state index contributed by atoms with van der Waals surface area (Å²) in [5.74, 6) is -6.61. The van der Waals surface area contributed by atoms with Gasteiger partial charge in [-0.25, -0.2) is 18.6 Å². The first kappa shape index (κ1) is 14.0. The van der Waals surface area contributed by atoms with Gasteiger partial charge in [-0.15, -0.1) is 0 Å². The predicted octanol–water partition coefficient (Wildman–Crippen LogP) is 1.64. The molecule has 0 bridgehead atoms. The van der Waals surface area contributed by atoms with Crippen LogP contribution in [-0.2, 0) is 0 Å². The molecule has 1 rings (SSSR count). The van der Waals surface area contributed by atoms with E-state index in [0.29, 0.717) is 0 Å². The zero-order valence-electron chi connectivity index (χ0n) is 8.74. The van der Waals surface area contributed by atoms with Crippen molar-refractivity contribution in [2.45, 2.75) is 12.3 Å². The summed E-state index contributed by atoms with van der Waals surface area (Å²) < 4.78 is 53.1. The number of nitrogen functional groups attached to an aromatic ring is 1. The summed E-state index contributed by atoms with van der Waals surface area (Å²) in [4.78, 5) is 14.1. The molecule has 0 aliphatic rings. The zero-order chi connectivity index (χ0) is 13.9. The van der Waals surface area contributed by atoms with E-state index in [1.54, 1.807) is 0 Å². The third-order valence-electron chi connectivity index (χ3n) is 1.82. The molecule has 0 fully saturated rings. The van der Waals surface area contributed by atoms with Crippen molar-refractivity contribution < 1.29 is 32.2 Å². The molecule has 18 heavy (non-hydrogen) atoms. The van der Waals surface area contributed by atoms with Crippen LogP contribution in [0.4, 0.5) is 23.2 Å². The highest BCUT2D eigenvalue weighted by atomic mass is 19.3. The number of nitrogens with two attached hydrogens (primary N) is 1. The number of aromatic nitrogens is 1. The molecule has 0 saturated heterocycles. The number of carbonyl (C=O) groups is 1. The number of aromatic carboxylic acids is 1. The van der Waals surface area contributed by atoms with Crippen molar-refractivity contribution in [1.82, 2.24) is 4.98 Å². The average molecular weight is 268 g/mol. The summed E-state index contributed by atoms with van der Waals surface area (Å²) in [7, 11) is 0. The van der Waals surface area contributed by atoms with Crippen LogP contribution in [0.1, 0.15) is 10.4 Å². The maximum Gasteiger partial charge on any atom is 0.341 e. The van der Waals surface area contributed by atoms with E-state index in [1.807, 2.05) is 0 Å². The van der Waals surface area contributed by atoms with Crippen LogP contribution >= 0.6 is 0 Å². The predicted molar refractivity (Wildman–Crippen MR) is 52.1 cm³/mol. The molecule has 0 aromatic carbocycles. The van der Waals surface area contributed by atoms with E-state index in [4.69, 9.17) is 10.8 Å². The zero-order valence-corrected chi connectivity index (χ0v) is 8.74. The van der Waals surface area contributed by atoms with Gasteiger partial charge >= 0.3 is 18.3 Å². The van der Waals surface area contributed by atoms with Crippen LogP contribution in [0.3, 0.4) is 0 Å². The van der Waals surface area contributed by atoms with Crippen molar-refractivity contribution in [3.63, 3.8) is 0 Å². The van der Waals surface area contributed by atoms with E-state index in [0.717, 1.165) is 12.3 Å². The molecule has 9 heteroatoms. The summed E-state index contributed by atoms with van der Waals surface area (Å²) in [6.07, 6.45) is -2.96. The van der Waals surface area contributed by atoms with Crippen LogP contribution in [-0.4, -0.2) is 35.0 Å². The van der Waals surface area contributed by atoms with Crippen LogP contribution in [0.15, 0.2) is 12.3 Å². The second-order valence-corrected chi connectivity index (χ2v) is 3.28. The molecule has 0 saturated carbocycles. The van der Waals surface area contributed by atoms with Gasteiger partial charge in [0.05, 0.1) is 11.9 Å². The highest BCUT2D eigenvalue weighted by Crippen LogP contribution is 2.25. The number of hydrogen-bond donors (Lipinski definition) is 2. The molecule has 1 heterocycles. The molecule has 100 valence electrons. The van der Waals surface area contributed by atoms with Crippen molar-refractivity contribution >= 4 is 11.7 Å². The van der Waals surface area contributed by atoms with E-state index in [2.05, 4.69) is 9.72 Å². The first-order valence-electron chi connectivity index (χ1n) is 4.51. The maximum atomic E-state index is 12.6. The second kappa shape index (κ2) is 5.07. The fourth-order valence-electron chi connectivity index (χ4n) is 0.964. The number of ether oxygens (including phenoxy) is 1.